The van der Waals surface area contributed by atoms with Crippen LogP contribution in [-0.4, -0.2) is 63.1 Å². The zero-order valence-electron chi connectivity index (χ0n) is 26.4. The van der Waals surface area contributed by atoms with E-state index in [-0.39, 0.29) is 36.3 Å². The quantitative estimate of drug-likeness (QED) is 0.156. The smallest absolute Gasteiger partial charge is 0.306 e. The molecule has 0 radical (unpaired) electrons. The minimum Gasteiger partial charge on any atom is -0.461 e. The van der Waals surface area contributed by atoms with Crippen molar-refractivity contribution < 1.29 is 39.2 Å². The van der Waals surface area contributed by atoms with Crippen molar-refractivity contribution in [3.05, 3.63) is 23.3 Å². The van der Waals surface area contributed by atoms with Gasteiger partial charge >= 0.3 is 11.9 Å². The Balaban J connectivity index is 1.70. The first-order chi connectivity index (χ1) is 19.8. The van der Waals surface area contributed by atoms with E-state index in [1.54, 1.807) is 19.1 Å². The molecular weight excluding hydrogens is 536 g/mol. The van der Waals surface area contributed by atoms with Crippen LogP contribution in [0.4, 0.5) is 0 Å². The monoisotopic (exact) mass is 588 g/mol. The standard InChI is InChI=1S/C34H52O8/c1-7-9-11-12-14-16-26(36)42-33-19-22(4)32-18-21(3)28(37)34(32,40)29(38)23(20-41-25(35)15-13-10-8-2)17-24(30(32)39)27(33)31(33,5)6/h17-18,22,24,27-29,37-38,40H,7-16,19-20H2,1-6H3/t22-,24+,27-,28+,29-,32+,33+,34-/m1/s1. The number of carbonyl (C=O) groups excluding carboxylic acids is 3. The zero-order chi connectivity index (χ0) is 31.1. The minimum atomic E-state index is -2.26. The lowest BCUT2D eigenvalue weighted by Gasteiger charge is -2.48. The Hall–Kier alpha value is -2.03. The fourth-order valence-electron chi connectivity index (χ4n) is 8.60. The molecule has 2 bridgehead atoms. The van der Waals surface area contributed by atoms with Crippen molar-refractivity contribution >= 4 is 17.7 Å². The van der Waals surface area contributed by atoms with E-state index < -0.39 is 52.0 Å². The largest absolute Gasteiger partial charge is 0.461 e. The van der Waals surface area contributed by atoms with Crippen molar-refractivity contribution in [2.24, 2.45) is 28.6 Å². The van der Waals surface area contributed by atoms with Crippen LogP contribution in [0, 0.1) is 28.6 Å². The third kappa shape index (κ3) is 4.99. The van der Waals surface area contributed by atoms with Crippen molar-refractivity contribution in [3.63, 3.8) is 0 Å². The molecule has 2 saturated carbocycles. The van der Waals surface area contributed by atoms with Gasteiger partial charge < -0.3 is 24.8 Å². The Kier molecular flexibility index (Phi) is 9.52. The van der Waals surface area contributed by atoms with Gasteiger partial charge in [-0.1, -0.05) is 85.3 Å². The molecule has 0 aromatic rings. The predicted molar refractivity (Wildman–Crippen MR) is 158 cm³/mol. The van der Waals surface area contributed by atoms with Crippen molar-refractivity contribution in [1.82, 2.24) is 0 Å². The van der Waals surface area contributed by atoms with Gasteiger partial charge in [0.1, 0.15) is 30.0 Å². The number of ketones is 1. The lowest BCUT2D eigenvalue weighted by atomic mass is 9.59. The molecule has 0 aromatic heterocycles. The fourth-order valence-corrected chi connectivity index (χ4v) is 8.60. The highest BCUT2D eigenvalue weighted by Crippen LogP contribution is 2.75. The van der Waals surface area contributed by atoms with E-state index >= 15 is 0 Å². The highest BCUT2D eigenvalue weighted by atomic mass is 16.6. The predicted octanol–water partition coefficient (Wildman–Crippen LogP) is 4.97. The third-order valence-electron chi connectivity index (χ3n) is 11.0. The second kappa shape index (κ2) is 12.2. The maximum atomic E-state index is 14.7. The van der Waals surface area contributed by atoms with Crippen LogP contribution >= 0.6 is 0 Å². The molecule has 0 amide bonds. The van der Waals surface area contributed by atoms with E-state index in [0.717, 1.165) is 44.9 Å². The third-order valence-corrected chi connectivity index (χ3v) is 11.0. The molecule has 2 fully saturated rings. The molecule has 8 nitrogen and oxygen atoms in total. The van der Waals surface area contributed by atoms with Gasteiger partial charge in [-0.15, -0.1) is 0 Å². The van der Waals surface area contributed by atoms with Crippen LogP contribution in [0.3, 0.4) is 0 Å². The van der Waals surface area contributed by atoms with Crippen LogP contribution in [0.1, 0.15) is 112 Å². The summed E-state index contributed by atoms with van der Waals surface area (Å²) in [4.78, 5) is 40.4. The molecule has 0 saturated heterocycles. The second-order valence-electron chi connectivity index (χ2n) is 14.0. The summed E-state index contributed by atoms with van der Waals surface area (Å²) in [7, 11) is 0. The molecule has 4 rings (SSSR count). The first-order valence-electron chi connectivity index (χ1n) is 16.2. The van der Waals surface area contributed by atoms with Crippen LogP contribution in [0.2, 0.25) is 0 Å². The Morgan fingerprint density at radius 3 is 2.21 bits per heavy atom. The fraction of sp³-hybridized carbons (Fsp3) is 0.794. The molecule has 236 valence electrons. The summed E-state index contributed by atoms with van der Waals surface area (Å²) < 4.78 is 11.9. The summed E-state index contributed by atoms with van der Waals surface area (Å²) in [6.07, 6.45) is 8.56. The molecule has 1 spiro atoms. The number of hydrogen-bond acceptors (Lipinski definition) is 8. The summed E-state index contributed by atoms with van der Waals surface area (Å²) in [5, 5.41) is 35.3. The number of aliphatic hydroxyl groups is 3. The average Bonchev–Trinajstić information content (AvgIpc) is 3.35. The first kappa shape index (κ1) is 32.9. The maximum absolute atomic E-state index is 14.7. The number of unbranched alkanes of at least 4 members (excludes halogenated alkanes) is 6. The lowest BCUT2D eigenvalue weighted by Crippen LogP contribution is -2.65. The topological polar surface area (TPSA) is 130 Å². The van der Waals surface area contributed by atoms with E-state index in [1.165, 1.54) is 0 Å². The number of esters is 2. The molecule has 0 unspecified atom stereocenters. The SMILES string of the molecule is CCCCCCCC(=O)O[C@@]12C[C@@H](C)[C@]34C=C(C)[C@H](O)[C@@]3(O)[C@H](O)C(COC(=O)CCCCC)=C[C@H](C4=O)[C@@H]1C2(C)C. The highest BCUT2D eigenvalue weighted by molar-refractivity contribution is 5.96. The number of carbonyl (C=O) groups is 3. The summed E-state index contributed by atoms with van der Waals surface area (Å²) >= 11 is 0. The van der Waals surface area contributed by atoms with Gasteiger partial charge in [-0.25, -0.2) is 0 Å². The van der Waals surface area contributed by atoms with Gasteiger partial charge in [-0.2, -0.15) is 0 Å². The zero-order valence-corrected chi connectivity index (χ0v) is 26.4. The summed E-state index contributed by atoms with van der Waals surface area (Å²) in [6, 6.07) is 0. The van der Waals surface area contributed by atoms with Crippen molar-refractivity contribution in [3.8, 4) is 0 Å². The summed E-state index contributed by atoms with van der Waals surface area (Å²) in [6.45, 7) is 11.4. The number of aliphatic hydroxyl groups excluding tert-OH is 2. The van der Waals surface area contributed by atoms with Crippen LogP contribution < -0.4 is 0 Å². The van der Waals surface area contributed by atoms with E-state index in [0.29, 0.717) is 24.8 Å². The molecular formula is C34H52O8. The van der Waals surface area contributed by atoms with Gasteiger partial charge in [0, 0.05) is 30.1 Å². The van der Waals surface area contributed by atoms with Crippen LogP contribution in [0.5, 0.6) is 0 Å². The summed E-state index contributed by atoms with van der Waals surface area (Å²) in [5.41, 5.74) is -4.74. The van der Waals surface area contributed by atoms with Gasteiger partial charge in [0.25, 0.3) is 0 Å². The Bertz CT molecular complexity index is 1120. The molecule has 8 atom stereocenters. The number of fused-ring (bicyclic) bond motifs is 3. The molecule has 0 heterocycles. The molecule has 42 heavy (non-hydrogen) atoms. The number of allylic oxidation sites excluding steroid dienone is 1. The lowest BCUT2D eigenvalue weighted by molar-refractivity contribution is -0.192. The van der Waals surface area contributed by atoms with Gasteiger partial charge in [-0.05, 0) is 43.3 Å². The van der Waals surface area contributed by atoms with Gasteiger partial charge in [0.2, 0.25) is 0 Å². The molecule has 0 aromatic carbocycles. The van der Waals surface area contributed by atoms with Crippen molar-refractivity contribution in [2.75, 3.05) is 6.61 Å². The van der Waals surface area contributed by atoms with Crippen LogP contribution in [-0.2, 0) is 23.9 Å². The molecule has 3 N–H and O–H groups in total. The number of hydrogen-bond donors (Lipinski definition) is 3. The van der Waals surface area contributed by atoms with Crippen LogP contribution in [0.25, 0.3) is 0 Å². The normalized spacial score (nSPS) is 37.9. The molecule has 4 aliphatic rings. The minimum absolute atomic E-state index is 0.191. The molecule has 4 aliphatic carbocycles. The van der Waals surface area contributed by atoms with Gasteiger partial charge in [0.05, 0.1) is 5.41 Å². The average molecular weight is 589 g/mol. The van der Waals surface area contributed by atoms with E-state index in [1.807, 2.05) is 27.7 Å². The Morgan fingerprint density at radius 2 is 1.55 bits per heavy atom. The number of Topliss-reactive ketones (excluding diaryl/α,β-unsaturated/α-hetero) is 1. The second-order valence-corrected chi connectivity index (χ2v) is 14.0. The molecule has 8 heteroatoms. The molecule has 0 aliphatic heterocycles. The van der Waals surface area contributed by atoms with Gasteiger partial charge in [-0.3, -0.25) is 14.4 Å². The first-order valence-corrected chi connectivity index (χ1v) is 16.2. The Morgan fingerprint density at radius 1 is 0.952 bits per heavy atom. The number of rotatable bonds is 13. The van der Waals surface area contributed by atoms with Crippen LogP contribution in [0.15, 0.2) is 23.3 Å². The Labute approximate surface area is 250 Å². The van der Waals surface area contributed by atoms with E-state index in [4.69, 9.17) is 9.47 Å². The van der Waals surface area contributed by atoms with E-state index in [2.05, 4.69) is 6.92 Å². The van der Waals surface area contributed by atoms with Gasteiger partial charge in [0.15, 0.2) is 5.78 Å². The van der Waals surface area contributed by atoms with Crippen molar-refractivity contribution in [1.29, 1.82) is 0 Å². The highest BCUT2D eigenvalue weighted by Gasteiger charge is 2.83. The van der Waals surface area contributed by atoms with E-state index in [9.17, 15) is 29.7 Å². The maximum Gasteiger partial charge on any atom is 0.306 e. The van der Waals surface area contributed by atoms with Crippen molar-refractivity contribution in [2.45, 2.75) is 136 Å². The number of ether oxygens (including phenoxy) is 2. The summed E-state index contributed by atoms with van der Waals surface area (Å²) in [5.74, 6) is -2.77.